The third-order valence-electron chi connectivity index (χ3n) is 7.05. The summed E-state index contributed by atoms with van der Waals surface area (Å²) in [6.45, 7) is 13.7. The second-order valence-corrected chi connectivity index (χ2v) is 16.6. The Labute approximate surface area is 234 Å². The Bertz CT molecular complexity index is 1350. The molecule has 0 radical (unpaired) electrons. The van der Waals surface area contributed by atoms with Crippen molar-refractivity contribution in [2.75, 3.05) is 7.11 Å². The minimum absolute atomic E-state index is 0.0332. The van der Waals surface area contributed by atoms with E-state index in [4.69, 9.17) is 14.1 Å². The van der Waals surface area contributed by atoms with Crippen molar-refractivity contribution in [3.05, 3.63) is 108 Å². The van der Waals surface area contributed by atoms with Crippen LogP contribution in [-0.4, -0.2) is 20.4 Å². The van der Waals surface area contributed by atoms with E-state index in [0.29, 0.717) is 24.3 Å². The van der Waals surface area contributed by atoms with Gasteiger partial charge in [0.2, 0.25) is 0 Å². The predicted octanol–water partition coefficient (Wildman–Crippen LogP) is 7.56. The van der Waals surface area contributed by atoms with E-state index in [1.807, 2.05) is 24.3 Å². The van der Waals surface area contributed by atoms with Gasteiger partial charge in [0.15, 0.2) is 0 Å². The van der Waals surface area contributed by atoms with Gasteiger partial charge in [0.25, 0.3) is 8.32 Å². The molecular weight excluding hydrogens is 501 g/mol. The smallest absolute Gasteiger partial charge is 0.261 e. The number of aromatic nitrogens is 1. The Morgan fingerprint density at radius 1 is 0.744 bits per heavy atom. The van der Waals surface area contributed by atoms with Gasteiger partial charge < -0.3 is 9.16 Å². The molecule has 39 heavy (non-hydrogen) atoms. The van der Waals surface area contributed by atoms with Gasteiger partial charge in [-0.1, -0.05) is 108 Å². The maximum atomic E-state index is 15.0. The molecule has 0 N–H and O–H groups in total. The van der Waals surface area contributed by atoms with Gasteiger partial charge in [-0.15, -0.1) is 0 Å². The van der Waals surface area contributed by atoms with E-state index in [1.165, 1.54) is 16.4 Å². The van der Waals surface area contributed by atoms with Crippen LogP contribution in [0.4, 0.5) is 4.39 Å². The summed E-state index contributed by atoms with van der Waals surface area (Å²) in [5.41, 5.74) is 2.96. The topological polar surface area (TPSA) is 31.4 Å². The minimum atomic E-state index is -2.71. The number of hydrogen-bond donors (Lipinski definition) is 0. The van der Waals surface area contributed by atoms with Crippen LogP contribution in [0.1, 0.15) is 52.9 Å². The normalized spacial score (nSPS) is 12.4. The van der Waals surface area contributed by atoms with Crippen LogP contribution < -0.4 is 15.1 Å². The largest absolute Gasteiger partial charge is 0.497 e. The van der Waals surface area contributed by atoms with Crippen molar-refractivity contribution >= 4 is 18.7 Å². The quantitative estimate of drug-likeness (QED) is 0.216. The third-order valence-corrected chi connectivity index (χ3v) is 12.0. The Kier molecular flexibility index (Phi) is 8.43. The molecule has 0 unspecified atom stereocenters. The number of methoxy groups -OCH3 is 1. The molecule has 0 bridgehead atoms. The summed E-state index contributed by atoms with van der Waals surface area (Å²) in [7, 11) is -1.12. The summed E-state index contributed by atoms with van der Waals surface area (Å²) < 4.78 is 27.5. The van der Waals surface area contributed by atoms with Crippen molar-refractivity contribution < 1.29 is 13.6 Å². The average molecular weight is 542 g/mol. The van der Waals surface area contributed by atoms with Crippen LogP contribution >= 0.6 is 0 Å². The highest BCUT2D eigenvalue weighted by Crippen LogP contribution is 2.38. The van der Waals surface area contributed by atoms with E-state index in [9.17, 15) is 0 Å². The number of ether oxygens (including phenoxy) is 1. The van der Waals surface area contributed by atoms with E-state index in [0.717, 1.165) is 17.0 Å². The molecule has 4 aromatic rings. The van der Waals surface area contributed by atoms with Crippen LogP contribution in [0.2, 0.25) is 5.04 Å². The monoisotopic (exact) mass is 541 g/mol. The highest BCUT2D eigenvalue weighted by atomic mass is 28.4. The van der Waals surface area contributed by atoms with Crippen molar-refractivity contribution in [3.63, 3.8) is 0 Å². The fourth-order valence-corrected chi connectivity index (χ4v) is 9.81. The molecule has 1 aromatic heterocycles. The summed E-state index contributed by atoms with van der Waals surface area (Å²) in [6.07, 6.45) is 0.700. The van der Waals surface area contributed by atoms with Gasteiger partial charge in [-0.25, -0.2) is 4.39 Å². The molecule has 0 atom stereocenters. The van der Waals surface area contributed by atoms with Gasteiger partial charge in [-0.2, -0.15) is 0 Å². The van der Waals surface area contributed by atoms with Gasteiger partial charge in [0.1, 0.15) is 11.6 Å². The fraction of sp³-hybridized carbons (Fsp3) is 0.324. The molecule has 0 aliphatic carbocycles. The van der Waals surface area contributed by atoms with E-state index in [-0.39, 0.29) is 16.3 Å². The molecule has 5 heteroatoms. The molecule has 0 saturated carbocycles. The van der Waals surface area contributed by atoms with E-state index in [2.05, 4.69) is 90.1 Å². The van der Waals surface area contributed by atoms with Crippen molar-refractivity contribution in [1.29, 1.82) is 0 Å². The summed E-state index contributed by atoms with van der Waals surface area (Å²) in [4.78, 5) is 5.09. The first kappa shape index (κ1) is 28.7. The van der Waals surface area contributed by atoms with Crippen molar-refractivity contribution in [2.24, 2.45) is 5.41 Å². The second kappa shape index (κ2) is 11.4. The molecule has 1 heterocycles. The van der Waals surface area contributed by atoms with Gasteiger partial charge in [-0.05, 0) is 51.5 Å². The maximum absolute atomic E-state index is 15.0. The van der Waals surface area contributed by atoms with Crippen LogP contribution in [0.25, 0.3) is 11.1 Å². The van der Waals surface area contributed by atoms with Crippen LogP contribution in [-0.2, 0) is 17.5 Å². The van der Waals surface area contributed by atoms with Crippen molar-refractivity contribution in [1.82, 2.24) is 4.98 Å². The lowest BCUT2D eigenvalue weighted by atomic mass is 9.87. The van der Waals surface area contributed by atoms with Gasteiger partial charge in [-0.3, -0.25) is 4.98 Å². The first-order valence-corrected chi connectivity index (χ1v) is 15.4. The Balaban J connectivity index is 1.80. The number of nitrogens with zero attached hydrogens (tertiary/aromatic N) is 1. The summed E-state index contributed by atoms with van der Waals surface area (Å²) in [5.74, 6) is 0.330. The molecule has 3 aromatic carbocycles. The molecule has 204 valence electrons. The highest BCUT2D eigenvalue weighted by molar-refractivity contribution is 6.99. The number of pyridine rings is 1. The Morgan fingerprint density at radius 2 is 1.33 bits per heavy atom. The molecule has 4 rings (SSSR count). The first-order valence-electron chi connectivity index (χ1n) is 13.5. The average Bonchev–Trinajstić information content (AvgIpc) is 2.89. The van der Waals surface area contributed by atoms with Crippen molar-refractivity contribution in [2.45, 2.75) is 59.6 Å². The van der Waals surface area contributed by atoms with Gasteiger partial charge in [0.05, 0.1) is 19.4 Å². The molecule has 0 amide bonds. The number of benzene rings is 3. The van der Waals surface area contributed by atoms with Crippen LogP contribution in [0.15, 0.2) is 91.0 Å². The summed E-state index contributed by atoms with van der Waals surface area (Å²) in [5, 5.41) is 2.33. The van der Waals surface area contributed by atoms with E-state index < -0.39 is 8.32 Å². The Morgan fingerprint density at radius 3 is 1.85 bits per heavy atom. The molecule has 0 fully saturated rings. The molecule has 0 aliphatic heterocycles. The van der Waals surface area contributed by atoms with E-state index in [1.54, 1.807) is 19.2 Å². The Hall–Kier alpha value is -3.28. The standard InChI is InChI=1S/C34H40FNO2Si/c1-33(2,3)23-32-29(30-22-26(37-7)19-21-31(30)35)20-18-25(36-32)24-38-39(34(4,5)6,27-14-10-8-11-15-27)28-16-12-9-13-17-28/h8-22H,23-24H2,1-7H3. The molecule has 0 spiro atoms. The van der Waals surface area contributed by atoms with Gasteiger partial charge in [0, 0.05) is 16.8 Å². The van der Waals surface area contributed by atoms with Crippen LogP contribution in [0.5, 0.6) is 5.75 Å². The minimum Gasteiger partial charge on any atom is -0.497 e. The summed E-state index contributed by atoms with van der Waals surface area (Å²) in [6, 6.07) is 30.0. The van der Waals surface area contributed by atoms with Crippen molar-refractivity contribution in [3.8, 4) is 16.9 Å². The van der Waals surface area contributed by atoms with Gasteiger partial charge >= 0.3 is 0 Å². The zero-order valence-corrected chi connectivity index (χ0v) is 25.2. The second-order valence-electron chi connectivity index (χ2n) is 12.3. The zero-order chi connectivity index (χ0) is 28.3. The fourth-order valence-electron chi connectivity index (χ4n) is 5.29. The predicted molar refractivity (Wildman–Crippen MR) is 162 cm³/mol. The molecule has 0 aliphatic rings. The molecular formula is C34H40FNO2Si. The molecule has 0 saturated heterocycles. The zero-order valence-electron chi connectivity index (χ0n) is 24.2. The first-order chi connectivity index (χ1) is 18.4. The number of hydrogen-bond acceptors (Lipinski definition) is 3. The lowest BCUT2D eigenvalue weighted by Crippen LogP contribution is -2.66. The molecule has 3 nitrogen and oxygen atoms in total. The lowest BCUT2D eigenvalue weighted by molar-refractivity contribution is 0.281. The third kappa shape index (κ3) is 6.31. The maximum Gasteiger partial charge on any atom is 0.261 e. The SMILES string of the molecule is COc1ccc(F)c(-c2ccc(CO[Si](c3ccccc3)(c3ccccc3)C(C)(C)C)nc2CC(C)(C)C)c1. The highest BCUT2D eigenvalue weighted by Gasteiger charge is 2.50. The number of halogens is 1. The van der Waals surface area contributed by atoms with Crippen LogP contribution in [0.3, 0.4) is 0 Å². The van der Waals surface area contributed by atoms with E-state index >= 15 is 4.39 Å². The van der Waals surface area contributed by atoms with Crippen LogP contribution in [0, 0.1) is 11.2 Å². The lowest BCUT2D eigenvalue weighted by Gasteiger charge is -2.43. The number of rotatable bonds is 8. The summed E-state index contributed by atoms with van der Waals surface area (Å²) >= 11 is 0.